The number of carbonyl (C=O) groups is 2. The van der Waals surface area contributed by atoms with Crippen LogP contribution in [0, 0.1) is 5.41 Å². The molecule has 0 unspecified atom stereocenters. The van der Waals surface area contributed by atoms with E-state index < -0.39 is 5.97 Å². The number of hydrogen-bond acceptors (Lipinski definition) is 5. The number of nitrogens with one attached hydrogen (secondary N) is 1. The van der Waals surface area contributed by atoms with Gasteiger partial charge in [-0.2, -0.15) is 0 Å². The van der Waals surface area contributed by atoms with E-state index in [0.29, 0.717) is 24.6 Å². The van der Waals surface area contributed by atoms with Crippen LogP contribution < -0.4 is 10.1 Å². The van der Waals surface area contributed by atoms with Gasteiger partial charge in [0.2, 0.25) is 5.91 Å². The van der Waals surface area contributed by atoms with Crippen molar-refractivity contribution in [2.45, 2.75) is 51.4 Å². The minimum atomic E-state index is -0.796. The summed E-state index contributed by atoms with van der Waals surface area (Å²) in [5.74, 6) is 0.0866. The van der Waals surface area contributed by atoms with Crippen molar-refractivity contribution < 1.29 is 24.0 Å². The van der Waals surface area contributed by atoms with Gasteiger partial charge in [0.1, 0.15) is 5.76 Å². The summed E-state index contributed by atoms with van der Waals surface area (Å²) in [6, 6.07) is 1.65. The van der Waals surface area contributed by atoms with Crippen molar-refractivity contribution in [3.8, 4) is 5.88 Å². The molecule has 128 valence electrons. The third-order valence-electron chi connectivity index (χ3n) is 4.45. The highest BCUT2D eigenvalue weighted by atomic mass is 16.5. The Balaban J connectivity index is 1.80. The quantitative estimate of drug-likeness (QED) is 0.760. The number of ether oxygens (including phenoxy) is 1. The number of amides is 1. The first-order valence-electron chi connectivity index (χ1n) is 8.01. The maximum Gasteiger partial charge on any atom is 0.303 e. The lowest BCUT2D eigenvalue weighted by molar-refractivity contribution is -0.140. The van der Waals surface area contributed by atoms with Gasteiger partial charge >= 0.3 is 5.97 Å². The molecule has 0 atom stereocenters. The van der Waals surface area contributed by atoms with Crippen LogP contribution in [0.4, 0.5) is 0 Å². The molecule has 1 aliphatic carbocycles. The summed E-state index contributed by atoms with van der Waals surface area (Å²) in [6.45, 7) is 0.428. The van der Waals surface area contributed by atoms with Gasteiger partial charge in [0.15, 0.2) is 0 Å². The van der Waals surface area contributed by atoms with E-state index in [-0.39, 0.29) is 24.2 Å². The van der Waals surface area contributed by atoms with E-state index in [9.17, 15) is 9.59 Å². The maximum absolute atomic E-state index is 12.0. The van der Waals surface area contributed by atoms with Gasteiger partial charge in [0.05, 0.1) is 13.5 Å². The van der Waals surface area contributed by atoms with Crippen LogP contribution in [-0.2, 0) is 16.0 Å². The van der Waals surface area contributed by atoms with Crippen molar-refractivity contribution in [2.24, 2.45) is 5.41 Å². The molecule has 1 amide bonds. The molecule has 0 spiro atoms. The molecule has 1 aliphatic rings. The average Bonchev–Trinajstić information content (AvgIpc) is 2.99. The maximum atomic E-state index is 12.0. The molecule has 7 heteroatoms. The molecule has 2 rings (SSSR count). The van der Waals surface area contributed by atoms with Crippen LogP contribution in [0.25, 0.3) is 0 Å². The number of methoxy groups -OCH3 is 1. The highest BCUT2D eigenvalue weighted by Gasteiger charge is 2.34. The average molecular weight is 324 g/mol. The standard InChI is InChI=1S/C16H24N2O5/c1-22-14-9-12(23-18-14)5-6-13(19)17-11-16(10-15(20)21)7-3-2-4-8-16/h9H,2-8,10-11H2,1H3,(H,17,19)(H,20,21). The molecule has 0 radical (unpaired) electrons. The molecular weight excluding hydrogens is 300 g/mol. The van der Waals surface area contributed by atoms with E-state index in [1.165, 1.54) is 7.11 Å². The third kappa shape index (κ3) is 5.26. The van der Waals surface area contributed by atoms with Gasteiger partial charge in [-0.15, -0.1) is 0 Å². The monoisotopic (exact) mass is 324 g/mol. The highest BCUT2D eigenvalue weighted by Crippen LogP contribution is 2.38. The van der Waals surface area contributed by atoms with E-state index in [2.05, 4.69) is 10.5 Å². The lowest BCUT2D eigenvalue weighted by atomic mass is 9.71. The van der Waals surface area contributed by atoms with Crippen LogP contribution in [0.15, 0.2) is 10.6 Å². The van der Waals surface area contributed by atoms with Crippen molar-refractivity contribution in [2.75, 3.05) is 13.7 Å². The lowest BCUT2D eigenvalue weighted by Crippen LogP contribution is -2.40. The summed E-state index contributed by atoms with van der Waals surface area (Å²) < 4.78 is 9.96. The van der Waals surface area contributed by atoms with Crippen molar-refractivity contribution in [1.29, 1.82) is 0 Å². The number of carboxylic acid groups (broad SMARTS) is 1. The van der Waals surface area contributed by atoms with Crippen LogP contribution in [0.2, 0.25) is 0 Å². The molecule has 0 saturated heterocycles. The summed E-state index contributed by atoms with van der Waals surface area (Å²) in [5.41, 5.74) is -0.296. The third-order valence-corrected chi connectivity index (χ3v) is 4.45. The van der Waals surface area contributed by atoms with Crippen LogP contribution in [0.5, 0.6) is 5.88 Å². The van der Waals surface area contributed by atoms with Crippen LogP contribution >= 0.6 is 0 Å². The van der Waals surface area contributed by atoms with Crippen LogP contribution in [0.3, 0.4) is 0 Å². The Kier molecular flexibility index (Phi) is 6.01. The molecular formula is C16H24N2O5. The van der Waals surface area contributed by atoms with Gasteiger partial charge in [-0.1, -0.05) is 19.3 Å². The zero-order valence-electron chi connectivity index (χ0n) is 13.5. The van der Waals surface area contributed by atoms with Crippen LogP contribution in [0.1, 0.15) is 50.7 Å². The second-order valence-corrected chi connectivity index (χ2v) is 6.24. The first-order chi connectivity index (χ1) is 11.0. The van der Waals surface area contributed by atoms with E-state index in [0.717, 1.165) is 32.1 Å². The molecule has 0 aromatic carbocycles. The fourth-order valence-corrected chi connectivity index (χ4v) is 3.16. The fraction of sp³-hybridized carbons (Fsp3) is 0.688. The van der Waals surface area contributed by atoms with Gasteiger partial charge in [-0.25, -0.2) is 0 Å². The number of rotatable bonds is 8. The zero-order chi connectivity index (χ0) is 16.7. The highest BCUT2D eigenvalue weighted by molar-refractivity contribution is 5.76. The second-order valence-electron chi connectivity index (χ2n) is 6.24. The second kappa shape index (κ2) is 7.99. The van der Waals surface area contributed by atoms with Crippen molar-refractivity contribution in [3.05, 3.63) is 11.8 Å². The Morgan fingerprint density at radius 2 is 2.13 bits per heavy atom. The molecule has 23 heavy (non-hydrogen) atoms. The molecule has 1 aromatic rings. The molecule has 1 heterocycles. The van der Waals surface area contributed by atoms with E-state index in [1.807, 2.05) is 0 Å². The lowest BCUT2D eigenvalue weighted by Gasteiger charge is -2.36. The first kappa shape index (κ1) is 17.3. The Morgan fingerprint density at radius 1 is 1.39 bits per heavy atom. The summed E-state index contributed by atoms with van der Waals surface area (Å²) in [7, 11) is 1.50. The van der Waals surface area contributed by atoms with Crippen molar-refractivity contribution in [1.82, 2.24) is 10.5 Å². The molecule has 1 aromatic heterocycles. The minimum absolute atomic E-state index is 0.101. The van der Waals surface area contributed by atoms with Gasteiger partial charge < -0.3 is 19.7 Å². The number of carbonyl (C=O) groups excluding carboxylic acids is 1. The zero-order valence-corrected chi connectivity index (χ0v) is 13.5. The predicted molar refractivity (Wildman–Crippen MR) is 82.2 cm³/mol. The minimum Gasteiger partial charge on any atom is -0.481 e. The SMILES string of the molecule is COc1cc(CCC(=O)NCC2(CC(=O)O)CCCCC2)on1. The predicted octanol–water partition coefficient (Wildman–Crippen LogP) is 2.16. The fourth-order valence-electron chi connectivity index (χ4n) is 3.16. The van der Waals surface area contributed by atoms with Crippen molar-refractivity contribution in [3.63, 3.8) is 0 Å². The van der Waals surface area contributed by atoms with Crippen LogP contribution in [-0.4, -0.2) is 35.8 Å². The number of carboxylic acids is 1. The smallest absolute Gasteiger partial charge is 0.303 e. The molecule has 0 bridgehead atoms. The van der Waals surface area contributed by atoms with Crippen molar-refractivity contribution >= 4 is 11.9 Å². The molecule has 1 fully saturated rings. The number of hydrogen-bond donors (Lipinski definition) is 2. The number of aromatic nitrogens is 1. The number of aryl methyl sites for hydroxylation is 1. The summed E-state index contributed by atoms with van der Waals surface area (Å²) in [6.07, 6.45) is 5.75. The molecule has 2 N–H and O–H groups in total. The number of nitrogens with zero attached hydrogens (tertiary/aromatic N) is 1. The van der Waals surface area contributed by atoms with Gasteiger partial charge in [-0.3, -0.25) is 9.59 Å². The van der Waals surface area contributed by atoms with Gasteiger partial charge in [-0.05, 0) is 23.4 Å². The topological polar surface area (TPSA) is 102 Å². The Hall–Kier alpha value is -2.05. The first-order valence-corrected chi connectivity index (χ1v) is 8.01. The summed E-state index contributed by atoms with van der Waals surface area (Å²) >= 11 is 0. The van der Waals surface area contributed by atoms with Gasteiger partial charge in [0, 0.05) is 25.5 Å². The Bertz CT molecular complexity index is 534. The van der Waals surface area contributed by atoms with E-state index >= 15 is 0 Å². The number of aliphatic carboxylic acids is 1. The largest absolute Gasteiger partial charge is 0.481 e. The summed E-state index contributed by atoms with van der Waals surface area (Å²) in [4.78, 5) is 23.1. The molecule has 1 saturated carbocycles. The molecule has 0 aliphatic heterocycles. The Morgan fingerprint density at radius 3 is 2.74 bits per heavy atom. The van der Waals surface area contributed by atoms with Gasteiger partial charge in [0.25, 0.3) is 5.88 Å². The van der Waals surface area contributed by atoms with E-state index in [4.69, 9.17) is 14.4 Å². The summed E-state index contributed by atoms with van der Waals surface area (Å²) in [5, 5.41) is 15.7. The normalized spacial score (nSPS) is 16.7. The molecule has 7 nitrogen and oxygen atoms in total. The Labute approximate surface area is 135 Å². The van der Waals surface area contributed by atoms with E-state index in [1.54, 1.807) is 6.07 Å².